The van der Waals surface area contributed by atoms with E-state index in [0.717, 1.165) is 59.6 Å². The summed E-state index contributed by atoms with van der Waals surface area (Å²) in [4.78, 5) is 0. The van der Waals surface area contributed by atoms with Crippen LogP contribution in [0.25, 0.3) is 32.3 Å². The maximum Gasteiger partial charge on any atom is 0.0562 e. The molecule has 6 aromatic carbocycles. The van der Waals surface area contributed by atoms with Crippen molar-refractivity contribution in [1.29, 1.82) is 0 Å². The zero-order valence-electron chi connectivity index (χ0n) is 18.8. The Hall–Kier alpha value is -4.49. The standard InChI is InChI=1S/C34H19Cl/c35-34-31-14-8-7-13-27(31)21-29-23-32-28(22-33(29)34)19-18-26(17-15-24-9-3-1-4-10-24)30(32)20-16-25-11-5-2-6-12-25/h1-14,18-19,21-23H. The first-order valence-electron chi connectivity index (χ1n) is 11.5. The Bertz CT molecular complexity index is 1840. The van der Waals surface area contributed by atoms with Gasteiger partial charge < -0.3 is 0 Å². The first-order chi connectivity index (χ1) is 17.3. The lowest BCUT2D eigenvalue weighted by Crippen LogP contribution is -1.89. The highest BCUT2D eigenvalue weighted by atomic mass is 35.5. The summed E-state index contributed by atoms with van der Waals surface area (Å²) in [5.74, 6) is 13.4. The molecule has 6 rings (SSSR count). The molecule has 0 nitrogen and oxygen atoms in total. The van der Waals surface area contributed by atoms with Gasteiger partial charge in [-0.05, 0) is 70.1 Å². The molecule has 0 aliphatic carbocycles. The van der Waals surface area contributed by atoms with Crippen LogP contribution < -0.4 is 0 Å². The maximum atomic E-state index is 6.85. The van der Waals surface area contributed by atoms with E-state index in [4.69, 9.17) is 11.6 Å². The summed E-state index contributed by atoms with van der Waals surface area (Å²) in [7, 11) is 0. The molecular formula is C34H19Cl. The van der Waals surface area contributed by atoms with Gasteiger partial charge in [0.1, 0.15) is 0 Å². The van der Waals surface area contributed by atoms with E-state index in [1.165, 1.54) is 0 Å². The normalized spacial score (nSPS) is 10.5. The van der Waals surface area contributed by atoms with Crippen LogP contribution >= 0.6 is 11.6 Å². The smallest absolute Gasteiger partial charge is 0.0562 e. The summed E-state index contributed by atoms with van der Waals surface area (Å²) < 4.78 is 0. The second kappa shape index (κ2) is 9.04. The van der Waals surface area contributed by atoms with Crippen LogP contribution in [0.2, 0.25) is 5.02 Å². The summed E-state index contributed by atoms with van der Waals surface area (Å²) in [5.41, 5.74) is 3.80. The molecule has 0 bridgehead atoms. The quantitative estimate of drug-likeness (QED) is 0.156. The Morgan fingerprint density at radius 3 is 1.77 bits per heavy atom. The van der Waals surface area contributed by atoms with E-state index >= 15 is 0 Å². The van der Waals surface area contributed by atoms with Crippen LogP contribution in [0.4, 0.5) is 0 Å². The lowest BCUT2D eigenvalue weighted by Gasteiger charge is -2.10. The molecule has 0 amide bonds. The van der Waals surface area contributed by atoms with Crippen LogP contribution in [0.5, 0.6) is 0 Å². The topological polar surface area (TPSA) is 0 Å². The van der Waals surface area contributed by atoms with Gasteiger partial charge in [-0.25, -0.2) is 0 Å². The largest absolute Gasteiger partial charge is 0.0830 e. The van der Waals surface area contributed by atoms with Gasteiger partial charge in [0.2, 0.25) is 0 Å². The van der Waals surface area contributed by atoms with Gasteiger partial charge in [0.25, 0.3) is 0 Å². The highest BCUT2D eigenvalue weighted by Gasteiger charge is 2.10. The molecule has 0 radical (unpaired) electrons. The van der Waals surface area contributed by atoms with Crippen molar-refractivity contribution in [1.82, 2.24) is 0 Å². The Kier molecular flexibility index (Phi) is 5.44. The minimum atomic E-state index is 0.782. The number of hydrogen-bond acceptors (Lipinski definition) is 0. The number of fused-ring (bicyclic) bond motifs is 3. The van der Waals surface area contributed by atoms with Crippen molar-refractivity contribution in [2.75, 3.05) is 0 Å². The van der Waals surface area contributed by atoms with Crippen molar-refractivity contribution in [3.05, 3.63) is 143 Å². The predicted octanol–water partition coefficient (Wildman–Crippen LogP) is 8.60. The van der Waals surface area contributed by atoms with Crippen LogP contribution in [-0.2, 0) is 0 Å². The maximum absolute atomic E-state index is 6.85. The van der Waals surface area contributed by atoms with Crippen LogP contribution in [0.1, 0.15) is 22.3 Å². The molecule has 0 aromatic heterocycles. The van der Waals surface area contributed by atoms with Crippen LogP contribution in [-0.4, -0.2) is 0 Å². The highest BCUT2D eigenvalue weighted by Crippen LogP contribution is 2.36. The first kappa shape index (κ1) is 21.1. The van der Waals surface area contributed by atoms with Crippen molar-refractivity contribution >= 4 is 43.9 Å². The van der Waals surface area contributed by atoms with E-state index in [1.54, 1.807) is 0 Å². The van der Waals surface area contributed by atoms with Crippen molar-refractivity contribution < 1.29 is 0 Å². The van der Waals surface area contributed by atoms with Gasteiger partial charge in [0, 0.05) is 33.0 Å². The average molecular weight is 463 g/mol. The number of rotatable bonds is 0. The molecule has 0 unspecified atom stereocenters. The fourth-order valence-corrected chi connectivity index (χ4v) is 4.73. The third-order valence-electron chi connectivity index (χ3n) is 6.16. The molecule has 0 saturated heterocycles. The van der Waals surface area contributed by atoms with E-state index in [0.29, 0.717) is 0 Å². The molecule has 1 heteroatoms. The Morgan fingerprint density at radius 2 is 1.03 bits per heavy atom. The minimum absolute atomic E-state index is 0.782. The van der Waals surface area contributed by atoms with E-state index in [9.17, 15) is 0 Å². The number of hydrogen-bond donors (Lipinski definition) is 0. The van der Waals surface area contributed by atoms with Crippen molar-refractivity contribution in [2.24, 2.45) is 0 Å². The van der Waals surface area contributed by atoms with Gasteiger partial charge in [0.05, 0.1) is 5.02 Å². The lowest BCUT2D eigenvalue weighted by atomic mass is 9.94. The molecule has 0 fully saturated rings. The fourth-order valence-electron chi connectivity index (χ4n) is 4.39. The van der Waals surface area contributed by atoms with Crippen molar-refractivity contribution in [3.8, 4) is 23.7 Å². The fraction of sp³-hybridized carbons (Fsp3) is 0. The third kappa shape index (κ3) is 4.13. The third-order valence-corrected chi connectivity index (χ3v) is 6.56. The van der Waals surface area contributed by atoms with E-state index in [-0.39, 0.29) is 0 Å². The molecule has 6 aromatic rings. The van der Waals surface area contributed by atoms with Gasteiger partial charge in [-0.2, -0.15) is 0 Å². The Balaban J connectivity index is 1.62. The zero-order chi connectivity index (χ0) is 23.6. The predicted molar refractivity (Wildman–Crippen MR) is 149 cm³/mol. The second-order valence-corrected chi connectivity index (χ2v) is 8.80. The molecule has 0 heterocycles. The SMILES string of the molecule is Clc1c2ccccc2cc2cc3c(C#Cc4ccccc4)c(C#Cc4ccccc4)ccc3cc12. The molecule has 0 aliphatic heterocycles. The highest BCUT2D eigenvalue weighted by molar-refractivity contribution is 6.41. The summed E-state index contributed by atoms with van der Waals surface area (Å²) in [6.45, 7) is 0. The molecule has 0 spiro atoms. The molecule has 35 heavy (non-hydrogen) atoms. The van der Waals surface area contributed by atoms with Crippen LogP contribution in [0, 0.1) is 23.7 Å². The lowest BCUT2D eigenvalue weighted by molar-refractivity contribution is 1.62. The van der Waals surface area contributed by atoms with E-state index < -0.39 is 0 Å². The summed E-state index contributed by atoms with van der Waals surface area (Å²) in [6.07, 6.45) is 0. The van der Waals surface area contributed by atoms with Gasteiger partial charge in [0.15, 0.2) is 0 Å². The monoisotopic (exact) mass is 462 g/mol. The average Bonchev–Trinajstić information content (AvgIpc) is 2.91. The molecule has 0 aliphatic rings. The van der Waals surface area contributed by atoms with E-state index in [2.05, 4.69) is 66.1 Å². The zero-order valence-corrected chi connectivity index (χ0v) is 19.6. The van der Waals surface area contributed by atoms with Crippen molar-refractivity contribution in [3.63, 3.8) is 0 Å². The van der Waals surface area contributed by atoms with Crippen molar-refractivity contribution in [2.45, 2.75) is 0 Å². The molecule has 0 atom stereocenters. The first-order valence-corrected chi connectivity index (χ1v) is 11.9. The van der Waals surface area contributed by atoms with Gasteiger partial charge >= 0.3 is 0 Å². The van der Waals surface area contributed by atoms with Gasteiger partial charge in [-0.15, -0.1) is 0 Å². The minimum Gasteiger partial charge on any atom is -0.0830 e. The van der Waals surface area contributed by atoms with E-state index in [1.807, 2.05) is 72.8 Å². The number of halogens is 1. The summed E-state index contributed by atoms with van der Waals surface area (Å²) >= 11 is 6.85. The van der Waals surface area contributed by atoms with Crippen LogP contribution in [0.3, 0.4) is 0 Å². The Morgan fingerprint density at radius 1 is 0.429 bits per heavy atom. The molecule has 162 valence electrons. The number of benzene rings is 6. The summed E-state index contributed by atoms with van der Waals surface area (Å²) in [6, 6.07) is 39.1. The van der Waals surface area contributed by atoms with Crippen LogP contribution in [0.15, 0.2) is 115 Å². The Labute approximate surface area is 209 Å². The molecule has 0 N–H and O–H groups in total. The van der Waals surface area contributed by atoms with Gasteiger partial charge in [-0.3, -0.25) is 0 Å². The summed E-state index contributed by atoms with van der Waals surface area (Å²) in [5, 5.41) is 7.28. The second-order valence-electron chi connectivity index (χ2n) is 8.43. The molecule has 0 saturated carbocycles. The molecular weight excluding hydrogens is 444 g/mol. The van der Waals surface area contributed by atoms with Gasteiger partial charge in [-0.1, -0.05) is 102 Å².